The Hall–Kier alpha value is -4.59. The van der Waals surface area contributed by atoms with Gasteiger partial charge in [-0.25, -0.2) is 19.8 Å². The maximum atomic E-state index is 14.7. The van der Waals surface area contributed by atoms with Crippen LogP contribution in [0.3, 0.4) is 0 Å². The van der Waals surface area contributed by atoms with Crippen molar-refractivity contribution in [2.75, 3.05) is 19.0 Å². The van der Waals surface area contributed by atoms with Crippen LogP contribution in [0.5, 0.6) is 5.75 Å². The highest BCUT2D eigenvalue weighted by atomic mass is 32.1. The summed E-state index contributed by atoms with van der Waals surface area (Å²) >= 11 is 5.80. The van der Waals surface area contributed by atoms with Crippen LogP contribution in [-0.2, 0) is 17.8 Å². The van der Waals surface area contributed by atoms with Crippen LogP contribution in [-0.4, -0.2) is 39.2 Å². The van der Waals surface area contributed by atoms with Crippen molar-refractivity contribution >= 4 is 28.9 Å². The first-order valence-corrected chi connectivity index (χ1v) is 15.5. The number of nitrogens with zero attached hydrogens (tertiary/aromatic N) is 4. The molecular weight excluding hydrogens is 587 g/mol. The summed E-state index contributed by atoms with van der Waals surface area (Å²) in [6.45, 7) is 5.29. The van der Waals surface area contributed by atoms with E-state index in [-0.39, 0.29) is 16.8 Å². The third-order valence-electron chi connectivity index (χ3n) is 7.86. The van der Waals surface area contributed by atoms with Gasteiger partial charge in [-0.2, -0.15) is 5.26 Å². The molecule has 0 saturated carbocycles. The summed E-state index contributed by atoms with van der Waals surface area (Å²) in [5.41, 5.74) is 6.72. The standard InChI is InChI=1S/C35H39FN6O2S/c1-4-25(2)19-20-39-42(35(45)40-29-14-16-30(44-3)17-15-29)34(43)31(18-13-28-7-5-6-8-32(28)36)33-22-38-24-41(33)23-27-11-9-26(21-37)10-12-27/h5-12,14-17,22,24-25,31,39H,4,13,18-20,23H2,1-3H3,(H,40,45)/t25-,31-/m0/s1. The second kappa shape index (κ2) is 16.5. The minimum absolute atomic E-state index is 0.198. The van der Waals surface area contributed by atoms with Crippen LogP contribution in [0.25, 0.3) is 0 Å². The van der Waals surface area contributed by atoms with Gasteiger partial charge in [0.05, 0.1) is 36.7 Å². The average molecular weight is 627 g/mol. The number of methoxy groups -OCH3 is 1. The van der Waals surface area contributed by atoms with Crippen LogP contribution in [0.4, 0.5) is 10.1 Å². The summed E-state index contributed by atoms with van der Waals surface area (Å²) in [7, 11) is 1.60. The zero-order valence-corrected chi connectivity index (χ0v) is 26.7. The molecule has 0 spiro atoms. The lowest BCUT2D eigenvalue weighted by molar-refractivity contribution is -0.131. The molecule has 45 heavy (non-hydrogen) atoms. The molecule has 2 atom stereocenters. The van der Waals surface area contributed by atoms with Crippen LogP contribution in [0.2, 0.25) is 0 Å². The molecule has 0 bridgehead atoms. The molecule has 0 saturated heterocycles. The number of halogens is 1. The quantitative estimate of drug-likeness (QED) is 0.117. The van der Waals surface area contributed by atoms with Crippen LogP contribution < -0.4 is 15.5 Å². The number of carbonyl (C=O) groups excluding carboxylic acids is 1. The van der Waals surface area contributed by atoms with E-state index in [1.165, 1.54) is 11.1 Å². The first-order chi connectivity index (χ1) is 21.8. The molecule has 10 heteroatoms. The third-order valence-corrected chi connectivity index (χ3v) is 8.15. The van der Waals surface area contributed by atoms with E-state index in [4.69, 9.17) is 17.0 Å². The number of carbonyl (C=O) groups is 1. The SMILES string of the molecule is CC[C@H](C)CCNN(C(=O)[C@@H](CCc1ccccc1F)c1cncn1Cc1ccc(C#N)cc1)C(=S)Nc1ccc(OC)cc1. The Labute approximate surface area is 269 Å². The second-order valence-electron chi connectivity index (χ2n) is 11.0. The van der Waals surface area contributed by atoms with Gasteiger partial charge < -0.3 is 14.6 Å². The van der Waals surface area contributed by atoms with E-state index in [1.807, 2.05) is 41.0 Å². The normalized spacial score (nSPS) is 12.2. The van der Waals surface area contributed by atoms with Gasteiger partial charge in [0.15, 0.2) is 5.11 Å². The number of hydrogen-bond acceptors (Lipinski definition) is 6. The number of aryl methyl sites for hydroxylation is 1. The number of thiocarbonyl (C=S) groups is 1. The van der Waals surface area contributed by atoms with Crippen molar-refractivity contribution in [1.29, 1.82) is 5.26 Å². The highest BCUT2D eigenvalue weighted by molar-refractivity contribution is 7.80. The number of nitriles is 1. The molecule has 0 unspecified atom stereocenters. The van der Waals surface area contributed by atoms with Gasteiger partial charge >= 0.3 is 0 Å². The number of benzene rings is 3. The summed E-state index contributed by atoms with van der Waals surface area (Å²) in [5, 5.41) is 14.0. The number of imidazole rings is 1. The molecule has 234 valence electrons. The van der Waals surface area contributed by atoms with E-state index in [2.05, 4.69) is 35.6 Å². The number of hydrogen-bond donors (Lipinski definition) is 2. The van der Waals surface area contributed by atoms with Gasteiger partial charge in [0, 0.05) is 25.0 Å². The van der Waals surface area contributed by atoms with Gasteiger partial charge in [0.2, 0.25) is 0 Å². The van der Waals surface area contributed by atoms with Crippen molar-refractivity contribution in [1.82, 2.24) is 20.0 Å². The number of anilines is 1. The first kappa shape index (κ1) is 33.3. The average Bonchev–Trinajstić information content (AvgIpc) is 3.51. The molecule has 1 heterocycles. The minimum atomic E-state index is -0.697. The Bertz CT molecular complexity index is 1600. The summed E-state index contributed by atoms with van der Waals surface area (Å²) < 4.78 is 21.9. The monoisotopic (exact) mass is 626 g/mol. The lowest BCUT2D eigenvalue weighted by atomic mass is 9.95. The van der Waals surface area contributed by atoms with Crippen LogP contribution in [0, 0.1) is 23.1 Å². The molecule has 1 aromatic heterocycles. The van der Waals surface area contributed by atoms with Crippen LogP contribution >= 0.6 is 12.2 Å². The Morgan fingerprint density at radius 2 is 1.84 bits per heavy atom. The fourth-order valence-corrected chi connectivity index (χ4v) is 5.19. The van der Waals surface area contributed by atoms with E-state index >= 15 is 0 Å². The number of rotatable bonds is 14. The van der Waals surface area contributed by atoms with Crippen molar-refractivity contribution in [2.45, 2.75) is 52.0 Å². The predicted molar refractivity (Wildman–Crippen MR) is 178 cm³/mol. The lowest BCUT2D eigenvalue weighted by Crippen LogP contribution is -2.51. The molecule has 0 aliphatic rings. The number of nitrogens with one attached hydrogen (secondary N) is 2. The van der Waals surface area contributed by atoms with Gasteiger partial charge in [-0.3, -0.25) is 4.79 Å². The Balaban J connectivity index is 1.66. The van der Waals surface area contributed by atoms with E-state index < -0.39 is 5.92 Å². The lowest BCUT2D eigenvalue weighted by Gasteiger charge is -2.29. The highest BCUT2D eigenvalue weighted by Crippen LogP contribution is 2.27. The third kappa shape index (κ3) is 9.20. The fraction of sp³-hybridized carbons (Fsp3) is 0.314. The summed E-state index contributed by atoms with van der Waals surface area (Å²) in [4.78, 5) is 19.0. The highest BCUT2D eigenvalue weighted by Gasteiger charge is 2.31. The maximum absolute atomic E-state index is 14.7. The van der Waals surface area contributed by atoms with Gasteiger partial charge in [0.25, 0.3) is 5.91 Å². The first-order valence-electron chi connectivity index (χ1n) is 15.1. The van der Waals surface area contributed by atoms with E-state index in [1.54, 1.807) is 50.0 Å². The number of amides is 1. The van der Waals surface area contributed by atoms with Crippen LogP contribution in [0.15, 0.2) is 85.3 Å². The molecule has 0 fully saturated rings. The summed E-state index contributed by atoms with van der Waals surface area (Å²) in [6, 6.07) is 23.3. The van der Waals surface area contributed by atoms with Gasteiger partial charge in [-0.15, -0.1) is 0 Å². The molecule has 8 nitrogen and oxygen atoms in total. The van der Waals surface area contributed by atoms with E-state index in [0.717, 1.165) is 18.4 Å². The van der Waals surface area contributed by atoms with E-state index in [9.17, 15) is 14.4 Å². The molecule has 3 aromatic carbocycles. The topological polar surface area (TPSA) is 95.2 Å². The van der Waals surface area contributed by atoms with Crippen molar-refractivity contribution in [3.05, 3.63) is 114 Å². The molecule has 0 aliphatic carbocycles. The molecule has 1 amide bonds. The smallest absolute Gasteiger partial charge is 0.252 e. The second-order valence-corrected chi connectivity index (χ2v) is 11.4. The largest absolute Gasteiger partial charge is 0.497 e. The Morgan fingerprint density at radius 3 is 2.51 bits per heavy atom. The minimum Gasteiger partial charge on any atom is -0.497 e. The zero-order valence-electron chi connectivity index (χ0n) is 25.9. The Morgan fingerprint density at radius 1 is 1.11 bits per heavy atom. The molecule has 0 radical (unpaired) electrons. The summed E-state index contributed by atoms with van der Waals surface area (Å²) in [6.07, 6.45) is 5.90. The zero-order chi connectivity index (χ0) is 32.2. The molecular formula is C35H39FN6O2S. The van der Waals surface area contributed by atoms with Gasteiger partial charge in [-0.1, -0.05) is 50.6 Å². The number of aromatic nitrogens is 2. The molecule has 4 aromatic rings. The predicted octanol–water partition coefficient (Wildman–Crippen LogP) is 6.83. The number of ether oxygens (including phenoxy) is 1. The van der Waals surface area contributed by atoms with E-state index in [0.29, 0.717) is 60.1 Å². The Kier molecular flexibility index (Phi) is 12.2. The molecule has 2 N–H and O–H groups in total. The van der Waals surface area contributed by atoms with Crippen molar-refractivity contribution in [3.8, 4) is 11.8 Å². The number of hydrazine groups is 1. The summed E-state index contributed by atoms with van der Waals surface area (Å²) in [5.74, 6) is -0.117. The van der Waals surface area contributed by atoms with Gasteiger partial charge in [-0.05, 0) is 91.0 Å². The molecule has 4 rings (SSSR count). The molecule has 0 aliphatic heterocycles. The fourth-order valence-electron chi connectivity index (χ4n) is 4.92. The van der Waals surface area contributed by atoms with Gasteiger partial charge in [0.1, 0.15) is 11.6 Å². The van der Waals surface area contributed by atoms with Crippen molar-refractivity contribution in [2.24, 2.45) is 5.92 Å². The maximum Gasteiger partial charge on any atom is 0.252 e. The van der Waals surface area contributed by atoms with Crippen molar-refractivity contribution in [3.63, 3.8) is 0 Å². The van der Waals surface area contributed by atoms with Crippen molar-refractivity contribution < 1.29 is 13.9 Å². The van der Waals surface area contributed by atoms with Crippen LogP contribution in [0.1, 0.15) is 61.4 Å².